The van der Waals surface area contributed by atoms with Crippen molar-refractivity contribution < 1.29 is 4.79 Å². The van der Waals surface area contributed by atoms with Crippen molar-refractivity contribution in [3.8, 4) is 0 Å². The summed E-state index contributed by atoms with van der Waals surface area (Å²) in [5.74, 6) is 0.0253. The molecule has 100 valence electrons. The Balaban J connectivity index is 2.18. The number of carbonyl (C=O) groups is 1. The zero-order valence-corrected chi connectivity index (χ0v) is 12.8. The molecule has 0 bridgehead atoms. The van der Waals surface area contributed by atoms with E-state index in [1.165, 1.54) is 0 Å². The number of carbonyl (C=O) groups excluding carboxylic acids is 1. The lowest BCUT2D eigenvalue weighted by molar-refractivity contribution is 0.103. The van der Waals surface area contributed by atoms with E-state index >= 15 is 0 Å². The average Bonchev–Trinajstić information content (AvgIpc) is 2.84. The third-order valence-corrected chi connectivity index (χ3v) is 4.03. The molecule has 2 aromatic heterocycles. The predicted molar refractivity (Wildman–Crippen MR) is 83.1 cm³/mol. The van der Waals surface area contributed by atoms with Crippen molar-refractivity contribution >= 4 is 32.7 Å². The number of ketones is 1. The molecule has 2 heterocycles. The number of fused-ring (bicyclic) bond motifs is 1. The van der Waals surface area contributed by atoms with Gasteiger partial charge in [-0.1, -0.05) is 18.2 Å². The summed E-state index contributed by atoms with van der Waals surface area (Å²) in [4.78, 5) is 20.1. The van der Waals surface area contributed by atoms with Gasteiger partial charge in [-0.2, -0.15) is 0 Å². The maximum Gasteiger partial charge on any atom is 0.195 e. The van der Waals surface area contributed by atoms with Crippen molar-refractivity contribution in [1.29, 1.82) is 0 Å². The van der Waals surface area contributed by atoms with E-state index in [0.717, 1.165) is 32.2 Å². The number of aromatic amines is 1. The highest BCUT2D eigenvalue weighted by Crippen LogP contribution is 2.24. The summed E-state index contributed by atoms with van der Waals surface area (Å²) in [5, 5.41) is 0.838. The molecule has 3 nitrogen and oxygen atoms in total. The van der Waals surface area contributed by atoms with E-state index in [1.807, 2.05) is 38.1 Å². The fourth-order valence-electron chi connectivity index (χ4n) is 2.31. The van der Waals surface area contributed by atoms with E-state index < -0.39 is 0 Å². The topological polar surface area (TPSA) is 45.8 Å². The van der Waals surface area contributed by atoms with Gasteiger partial charge in [0.05, 0.1) is 0 Å². The lowest BCUT2D eigenvalue weighted by Crippen LogP contribution is -2.04. The number of hydrogen-bond donors (Lipinski definition) is 1. The number of nitrogens with one attached hydrogen (secondary N) is 1. The van der Waals surface area contributed by atoms with Gasteiger partial charge < -0.3 is 4.98 Å². The molecule has 0 atom stereocenters. The van der Waals surface area contributed by atoms with Gasteiger partial charge in [0.15, 0.2) is 5.78 Å². The Morgan fingerprint density at radius 2 is 2.05 bits per heavy atom. The molecule has 0 unspecified atom stereocenters. The summed E-state index contributed by atoms with van der Waals surface area (Å²) >= 11 is 3.40. The van der Waals surface area contributed by atoms with Crippen LogP contribution in [0.3, 0.4) is 0 Å². The van der Waals surface area contributed by atoms with E-state index in [2.05, 4.69) is 25.9 Å². The minimum atomic E-state index is 0.0253. The maximum absolute atomic E-state index is 12.7. The van der Waals surface area contributed by atoms with Gasteiger partial charge in [0.25, 0.3) is 0 Å². The second-order valence-electron chi connectivity index (χ2n) is 4.83. The van der Waals surface area contributed by atoms with Gasteiger partial charge in [0.2, 0.25) is 0 Å². The minimum absolute atomic E-state index is 0.0253. The molecule has 3 rings (SSSR count). The van der Waals surface area contributed by atoms with Crippen LogP contribution in [-0.2, 0) is 0 Å². The number of benzene rings is 1. The van der Waals surface area contributed by atoms with Gasteiger partial charge in [-0.15, -0.1) is 0 Å². The molecule has 4 heteroatoms. The number of rotatable bonds is 2. The summed E-state index contributed by atoms with van der Waals surface area (Å²) in [6.45, 7) is 3.99. The Labute approximate surface area is 125 Å². The molecule has 0 saturated heterocycles. The first kappa shape index (κ1) is 13.1. The minimum Gasteiger partial charge on any atom is -0.345 e. The fraction of sp³-hybridized carbons (Fsp3) is 0.125. The zero-order valence-electron chi connectivity index (χ0n) is 11.2. The van der Waals surface area contributed by atoms with Crippen molar-refractivity contribution in [2.24, 2.45) is 0 Å². The number of H-pyrrole nitrogens is 1. The van der Waals surface area contributed by atoms with Gasteiger partial charge in [0, 0.05) is 33.4 Å². The zero-order chi connectivity index (χ0) is 14.3. The van der Waals surface area contributed by atoms with Gasteiger partial charge >= 0.3 is 0 Å². The molecule has 3 aromatic rings. The first-order valence-electron chi connectivity index (χ1n) is 6.31. The summed E-state index contributed by atoms with van der Waals surface area (Å²) < 4.78 is 0.861. The normalized spacial score (nSPS) is 10.9. The van der Waals surface area contributed by atoms with Crippen LogP contribution in [0.1, 0.15) is 27.0 Å². The van der Waals surface area contributed by atoms with Crippen LogP contribution in [-0.4, -0.2) is 15.8 Å². The number of aryl methyl sites for hydroxylation is 1. The van der Waals surface area contributed by atoms with Crippen LogP contribution >= 0.6 is 15.9 Å². The molecule has 0 radical (unpaired) electrons. The third-order valence-electron chi connectivity index (χ3n) is 3.59. The molecule has 0 aliphatic rings. The maximum atomic E-state index is 12.7. The largest absolute Gasteiger partial charge is 0.345 e. The summed E-state index contributed by atoms with van der Waals surface area (Å²) in [5.41, 5.74) is 4.26. The lowest BCUT2D eigenvalue weighted by atomic mass is 9.96. The lowest BCUT2D eigenvalue weighted by Gasteiger charge is -2.06. The first-order chi connectivity index (χ1) is 9.58. The van der Waals surface area contributed by atoms with E-state index in [0.29, 0.717) is 5.56 Å². The van der Waals surface area contributed by atoms with Gasteiger partial charge in [0.1, 0.15) is 5.65 Å². The van der Waals surface area contributed by atoms with Gasteiger partial charge in [-0.3, -0.25) is 4.79 Å². The molecule has 20 heavy (non-hydrogen) atoms. The number of halogens is 1. The molecular weight excluding hydrogens is 316 g/mol. The Kier molecular flexibility index (Phi) is 3.18. The summed E-state index contributed by atoms with van der Waals surface area (Å²) in [6, 6.07) is 7.71. The Bertz CT molecular complexity index is 820. The van der Waals surface area contributed by atoms with Crippen molar-refractivity contribution in [3.63, 3.8) is 0 Å². The smallest absolute Gasteiger partial charge is 0.195 e. The Morgan fingerprint density at radius 3 is 2.85 bits per heavy atom. The van der Waals surface area contributed by atoms with Crippen molar-refractivity contribution in [2.75, 3.05) is 0 Å². The van der Waals surface area contributed by atoms with E-state index in [4.69, 9.17) is 0 Å². The van der Waals surface area contributed by atoms with Crippen molar-refractivity contribution in [3.05, 3.63) is 63.4 Å². The van der Waals surface area contributed by atoms with Crippen LogP contribution in [0.25, 0.3) is 11.0 Å². The van der Waals surface area contributed by atoms with E-state index in [9.17, 15) is 4.79 Å². The third kappa shape index (κ3) is 2.06. The molecule has 0 spiro atoms. The Hall–Kier alpha value is -1.94. The van der Waals surface area contributed by atoms with Crippen LogP contribution in [0.5, 0.6) is 0 Å². The van der Waals surface area contributed by atoms with Crippen LogP contribution in [0.2, 0.25) is 0 Å². The first-order valence-corrected chi connectivity index (χ1v) is 7.11. The van der Waals surface area contributed by atoms with Crippen LogP contribution < -0.4 is 0 Å². The summed E-state index contributed by atoms with van der Waals surface area (Å²) in [7, 11) is 0. The standard InChI is InChI=1S/C16H13BrN2O/c1-9-4-3-5-12(10(9)2)15(20)14-8-19-16-13(14)6-11(17)7-18-16/h3-8H,1-2H3,(H,18,19). The second-order valence-corrected chi connectivity index (χ2v) is 5.74. The second kappa shape index (κ2) is 4.87. The molecule has 1 N–H and O–H groups in total. The molecule has 1 aromatic carbocycles. The van der Waals surface area contributed by atoms with Crippen molar-refractivity contribution in [2.45, 2.75) is 13.8 Å². The van der Waals surface area contributed by atoms with Gasteiger partial charge in [-0.25, -0.2) is 4.98 Å². The monoisotopic (exact) mass is 328 g/mol. The van der Waals surface area contributed by atoms with Crippen LogP contribution in [0.4, 0.5) is 0 Å². The van der Waals surface area contributed by atoms with Gasteiger partial charge in [-0.05, 0) is 47.0 Å². The summed E-state index contributed by atoms with van der Waals surface area (Å²) in [6.07, 6.45) is 3.44. The highest BCUT2D eigenvalue weighted by molar-refractivity contribution is 9.10. The molecule has 0 aliphatic carbocycles. The highest BCUT2D eigenvalue weighted by atomic mass is 79.9. The predicted octanol–water partition coefficient (Wildman–Crippen LogP) is 4.17. The molecule has 0 saturated carbocycles. The quantitative estimate of drug-likeness (QED) is 0.717. The number of nitrogens with zero attached hydrogens (tertiary/aromatic N) is 1. The average molecular weight is 329 g/mol. The fourth-order valence-corrected chi connectivity index (χ4v) is 2.64. The molecule has 0 aliphatic heterocycles. The van der Waals surface area contributed by atoms with Crippen LogP contribution in [0.15, 0.2) is 41.1 Å². The van der Waals surface area contributed by atoms with E-state index in [1.54, 1.807) is 12.4 Å². The number of aromatic nitrogens is 2. The van der Waals surface area contributed by atoms with Crippen molar-refractivity contribution in [1.82, 2.24) is 9.97 Å². The molecule has 0 fully saturated rings. The number of pyridine rings is 1. The molecular formula is C16H13BrN2O. The van der Waals surface area contributed by atoms with Crippen LogP contribution in [0, 0.1) is 13.8 Å². The molecule has 0 amide bonds. The number of hydrogen-bond acceptors (Lipinski definition) is 2. The highest BCUT2D eigenvalue weighted by Gasteiger charge is 2.17. The SMILES string of the molecule is Cc1cccc(C(=O)c2c[nH]c3ncc(Br)cc23)c1C. The van der Waals surface area contributed by atoms with E-state index in [-0.39, 0.29) is 5.78 Å². The Morgan fingerprint density at radius 1 is 1.25 bits per heavy atom.